The van der Waals surface area contributed by atoms with Gasteiger partial charge in [-0.1, -0.05) is 20.8 Å². The van der Waals surface area contributed by atoms with E-state index in [1.807, 2.05) is 25.7 Å². The van der Waals surface area contributed by atoms with E-state index in [2.05, 4.69) is 0 Å². The van der Waals surface area contributed by atoms with Crippen LogP contribution in [0.5, 0.6) is 0 Å². The van der Waals surface area contributed by atoms with Crippen molar-refractivity contribution >= 4 is 11.8 Å². The lowest BCUT2D eigenvalue weighted by Gasteiger charge is -2.37. The molecule has 1 saturated heterocycles. The highest BCUT2D eigenvalue weighted by molar-refractivity contribution is 5.82. The number of hydrogen-bond acceptors (Lipinski definition) is 3. The van der Waals surface area contributed by atoms with Gasteiger partial charge in [0, 0.05) is 38.7 Å². The van der Waals surface area contributed by atoms with Crippen LogP contribution in [-0.2, 0) is 14.3 Å². The molecule has 0 bridgehead atoms. The third-order valence-corrected chi connectivity index (χ3v) is 2.83. The SMILES string of the molecule is COCC(=O)N1CCN(C(=O)C(C)(C)C)CC1. The van der Waals surface area contributed by atoms with Gasteiger partial charge in [0.05, 0.1) is 0 Å². The molecule has 0 aromatic carbocycles. The Balaban J connectivity index is 2.46. The summed E-state index contributed by atoms with van der Waals surface area (Å²) in [6, 6.07) is 0. The second-order valence-electron chi connectivity index (χ2n) is 5.36. The van der Waals surface area contributed by atoms with E-state index in [4.69, 9.17) is 4.74 Å². The third-order valence-electron chi connectivity index (χ3n) is 2.83. The fourth-order valence-electron chi connectivity index (χ4n) is 1.85. The molecule has 5 nitrogen and oxygen atoms in total. The fourth-order valence-corrected chi connectivity index (χ4v) is 1.85. The quantitative estimate of drug-likeness (QED) is 0.702. The van der Waals surface area contributed by atoms with E-state index in [1.165, 1.54) is 7.11 Å². The minimum Gasteiger partial charge on any atom is -0.375 e. The Bertz CT molecular complexity index is 289. The van der Waals surface area contributed by atoms with Gasteiger partial charge in [-0.05, 0) is 0 Å². The Morgan fingerprint density at radius 1 is 1.06 bits per heavy atom. The van der Waals surface area contributed by atoms with Crippen molar-refractivity contribution in [3.8, 4) is 0 Å². The average molecular weight is 242 g/mol. The standard InChI is InChI=1S/C12H22N2O3/c1-12(2,3)11(16)14-7-5-13(6-8-14)10(15)9-17-4/h5-9H2,1-4H3. The van der Waals surface area contributed by atoms with Crippen molar-refractivity contribution in [3.05, 3.63) is 0 Å². The predicted molar refractivity (Wildman–Crippen MR) is 64.5 cm³/mol. The molecule has 0 radical (unpaired) electrons. The number of carbonyl (C=O) groups excluding carboxylic acids is 2. The van der Waals surface area contributed by atoms with Gasteiger partial charge in [-0.25, -0.2) is 0 Å². The number of ether oxygens (including phenoxy) is 1. The summed E-state index contributed by atoms with van der Waals surface area (Å²) in [4.78, 5) is 27.2. The lowest BCUT2D eigenvalue weighted by atomic mass is 9.94. The van der Waals surface area contributed by atoms with Crippen LogP contribution in [0.1, 0.15) is 20.8 Å². The molecule has 1 aliphatic rings. The number of methoxy groups -OCH3 is 1. The zero-order valence-electron chi connectivity index (χ0n) is 11.2. The number of nitrogens with zero attached hydrogens (tertiary/aromatic N) is 2. The van der Waals surface area contributed by atoms with Crippen LogP contribution in [0, 0.1) is 5.41 Å². The van der Waals surface area contributed by atoms with Crippen molar-refractivity contribution in [2.45, 2.75) is 20.8 Å². The fraction of sp³-hybridized carbons (Fsp3) is 0.833. The Morgan fingerprint density at radius 3 is 1.94 bits per heavy atom. The van der Waals surface area contributed by atoms with Crippen LogP contribution in [0.15, 0.2) is 0 Å². The first-order valence-corrected chi connectivity index (χ1v) is 5.92. The zero-order chi connectivity index (χ0) is 13.1. The van der Waals surface area contributed by atoms with Gasteiger partial charge in [0.2, 0.25) is 11.8 Å². The molecule has 1 heterocycles. The number of rotatable bonds is 2. The zero-order valence-corrected chi connectivity index (χ0v) is 11.2. The molecule has 0 N–H and O–H groups in total. The van der Waals surface area contributed by atoms with Crippen LogP contribution in [-0.4, -0.2) is 61.5 Å². The highest BCUT2D eigenvalue weighted by atomic mass is 16.5. The summed E-state index contributed by atoms with van der Waals surface area (Å²) in [5.74, 6) is 0.145. The lowest BCUT2D eigenvalue weighted by molar-refractivity contribution is -0.146. The van der Waals surface area contributed by atoms with E-state index in [0.29, 0.717) is 26.2 Å². The summed E-state index contributed by atoms with van der Waals surface area (Å²) < 4.78 is 4.81. The molecular weight excluding hydrogens is 220 g/mol. The van der Waals surface area contributed by atoms with Crippen molar-refractivity contribution in [2.75, 3.05) is 39.9 Å². The Labute approximate surface area is 103 Å². The molecule has 1 rings (SSSR count). The second-order valence-corrected chi connectivity index (χ2v) is 5.36. The van der Waals surface area contributed by atoms with Crippen molar-refractivity contribution < 1.29 is 14.3 Å². The van der Waals surface area contributed by atoms with Gasteiger partial charge in [0.1, 0.15) is 6.61 Å². The largest absolute Gasteiger partial charge is 0.375 e. The smallest absolute Gasteiger partial charge is 0.248 e. The van der Waals surface area contributed by atoms with E-state index in [-0.39, 0.29) is 23.8 Å². The topological polar surface area (TPSA) is 49.9 Å². The Hall–Kier alpha value is -1.10. The molecule has 1 fully saturated rings. The van der Waals surface area contributed by atoms with Crippen molar-refractivity contribution in [1.29, 1.82) is 0 Å². The minimum atomic E-state index is -0.349. The number of carbonyl (C=O) groups is 2. The Kier molecular flexibility index (Phi) is 4.51. The molecule has 1 aliphatic heterocycles. The maximum absolute atomic E-state index is 12.0. The predicted octanol–water partition coefficient (Wildman–Crippen LogP) is 0.350. The summed E-state index contributed by atoms with van der Waals surface area (Å²) in [6.45, 7) is 8.30. The van der Waals surface area contributed by atoms with Crippen molar-refractivity contribution in [2.24, 2.45) is 5.41 Å². The van der Waals surface area contributed by atoms with Gasteiger partial charge in [0.25, 0.3) is 0 Å². The van der Waals surface area contributed by atoms with Gasteiger partial charge in [-0.3, -0.25) is 9.59 Å². The molecule has 0 spiro atoms. The average Bonchev–Trinajstić information content (AvgIpc) is 2.27. The molecule has 0 aromatic heterocycles. The highest BCUT2D eigenvalue weighted by Crippen LogP contribution is 2.18. The molecule has 0 aliphatic carbocycles. The summed E-state index contributed by atoms with van der Waals surface area (Å²) in [7, 11) is 1.51. The summed E-state index contributed by atoms with van der Waals surface area (Å²) in [5.41, 5.74) is -0.349. The molecule has 98 valence electrons. The van der Waals surface area contributed by atoms with Crippen LogP contribution < -0.4 is 0 Å². The molecular formula is C12H22N2O3. The molecule has 0 atom stereocenters. The summed E-state index contributed by atoms with van der Waals surface area (Å²) in [5, 5.41) is 0. The first-order valence-electron chi connectivity index (χ1n) is 5.92. The molecule has 5 heteroatoms. The number of hydrogen-bond donors (Lipinski definition) is 0. The second kappa shape index (κ2) is 5.49. The maximum atomic E-state index is 12.0. The normalized spacial score (nSPS) is 17.2. The molecule has 0 saturated carbocycles. The number of piperazine rings is 1. The van der Waals surface area contributed by atoms with E-state index in [9.17, 15) is 9.59 Å². The lowest BCUT2D eigenvalue weighted by Crippen LogP contribution is -2.53. The monoisotopic (exact) mass is 242 g/mol. The van der Waals surface area contributed by atoms with Crippen LogP contribution in [0.25, 0.3) is 0 Å². The molecule has 2 amide bonds. The van der Waals surface area contributed by atoms with Crippen molar-refractivity contribution in [3.63, 3.8) is 0 Å². The van der Waals surface area contributed by atoms with Crippen LogP contribution in [0.4, 0.5) is 0 Å². The third kappa shape index (κ3) is 3.70. The van der Waals surface area contributed by atoms with Crippen molar-refractivity contribution in [1.82, 2.24) is 9.80 Å². The first kappa shape index (κ1) is 14.0. The Morgan fingerprint density at radius 2 is 1.53 bits per heavy atom. The maximum Gasteiger partial charge on any atom is 0.248 e. The van der Waals surface area contributed by atoms with E-state index < -0.39 is 0 Å². The molecule has 17 heavy (non-hydrogen) atoms. The van der Waals surface area contributed by atoms with Crippen LogP contribution in [0.2, 0.25) is 0 Å². The molecule has 0 aromatic rings. The van der Waals surface area contributed by atoms with E-state index in [1.54, 1.807) is 4.90 Å². The van der Waals surface area contributed by atoms with Crippen LogP contribution in [0.3, 0.4) is 0 Å². The minimum absolute atomic E-state index is 0.00430. The highest BCUT2D eigenvalue weighted by Gasteiger charge is 2.30. The van der Waals surface area contributed by atoms with Gasteiger partial charge in [-0.15, -0.1) is 0 Å². The van der Waals surface area contributed by atoms with E-state index in [0.717, 1.165) is 0 Å². The van der Waals surface area contributed by atoms with Crippen LogP contribution >= 0.6 is 0 Å². The summed E-state index contributed by atoms with van der Waals surface area (Å²) in [6.07, 6.45) is 0. The van der Waals surface area contributed by atoms with E-state index >= 15 is 0 Å². The number of amides is 2. The van der Waals surface area contributed by atoms with Gasteiger partial charge in [0.15, 0.2) is 0 Å². The first-order chi connectivity index (χ1) is 7.86. The van der Waals surface area contributed by atoms with Gasteiger partial charge < -0.3 is 14.5 Å². The van der Waals surface area contributed by atoms with Gasteiger partial charge >= 0.3 is 0 Å². The molecule has 0 unspecified atom stereocenters. The summed E-state index contributed by atoms with van der Waals surface area (Å²) >= 11 is 0. The van der Waals surface area contributed by atoms with Gasteiger partial charge in [-0.2, -0.15) is 0 Å².